The van der Waals surface area contributed by atoms with Gasteiger partial charge in [0.05, 0.1) is 12.7 Å². The van der Waals surface area contributed by atoms with Crippen molar-refractivity contribution in [3.05, 3.63) is 29.8 Å². The number of morpholine rings is 1. The summed E-state index contributed by atoms with van der Waals surface area (Å²) in [4.78, 5) is 2.30. The Bertz CT molecular complexity index is 384. The molecule has 0 unspecified atom stereocenters. The van der Waals surface area contributed by atoms with Gasteiger partial charge in [0.15, 0.2) is 0 Å². The van der Waals surface area contributed by atoms with Crippen LogP contribution in [0.4, 0.5) is 0 Å². The largest absolute Gasteiger partial charge is 0.492 e. The summed E-state index contributed by atoms with van der Waals surface area (Å²) in [7, 11) is 2.14. The Kier molecular flexibility index (Phi) is 5.63. The molecule has 1 aliphatic heterocycles. The minimum atomic E-state index is 0.303. The molecule has 1 aliphatic rings. The minimum Gasteiger partial charge on any atom is -0.492 e. The molecule has 2 rings (SSSR count). The summed E-state index contributed by atoms with van der Waals surface area (Å²) >= 11 is 0. The smallest absolute Gasteiger partial charge is 0.119 e. The standard InChI is InChI=1S/C15H24N2O2/c1-13-4-3-5-14(10-13)18-8-6-16-11-15-12-17(2)7-9-19-15/h3-5,10,15-16H,6-9,11-12H2,1-2H3/t15-/m0/s1. The van der Waals surface area contributed by atoms with E-state index in [1.165, 1.54) is 5.56 Å². The molecular weight excluding hydrogens is 240 g/mol. The maximum absolute atomic E-state index is 5.68. The predicted molar refractivity (Wildman–Crippen MR) is 76.8 cm³/mol. The van der Waals surface area contributed by atoms with Crippen LogP contribution < -0.4 is 10.1 Å². The molecule has 4 nitrogen and oxygen atoms in total. The van der Waals surface area contributed by atoms with Gasteiger partial charge in [0.25, 0.3) is 0 Å². The Morgan fingerprint density at radius 3 is 3.16 bits per heavy atom. The van der Waals surface area contributed by atoms with Crippen LogP contribution in [0.25, 0.3) is 0 Å². The SMILES string of the molecule is Cc1cccc(OCCNC[C@H]2CN(C)CCO2)c1. The molecule has 19 heavy (non-hydrogen) atoms. The zero-order chi connectivity index (χ0) is 13.5. The molecule has 1 saturated heterocycles. The molecule has 1 aromatic carbocycles. The lowest BCUT2D eigenvalue weighted by molar-refractivity contribution is -0.0182. The van der Waals surface area contributed by atoms with Gasteiger partial charge in [-0.05, 0) is 31.7 Å². The third-order valence-corrected chi connectivity index (χ3v) is 3.25. The van der Waals surface area contributed by atoms with Crippen LogP contribution in [0.5, 0.6) is 5.75 Å². The summed E-state index contributed by atoms with van der Waals surface area (Å²) in [6.45, 7) is 7.37. The Hall–Kier alpha value is -1.10. The third kappa shape index (κ3) is 5.19. The predicted octanol–water partition coefficient (Wildman–Crippen LogP) is 1.29. The van der Waals surface area contributed by atoms with Crippen LogP contribution in [-0.2, 0) is 4.74 Å². The number of hydrogen-bond donors (Lipinski definition) is 1. The van der Waals surface area contributed by atoms with Crippen molar-refractivity contribution in [3.8, 4) is 5.75 Å². The fourth-order valence-corrected chi connectivity index (χ4v) is 2.20. The fourth-order valence-electron chi connectivity index (χ4n) is 2.20. The van der Waals surface area contributed by atoms with Crippen LogP contribution in [0.15, 0.2) is 24.3 Å². The van der Waals surface area contributed by atoms with Gasteiger partial charge in [-0.3, -0.25) is 0 Å². The summed E-state index contributed by atoms with van der Waals surface area (Å²) in [6, 6.07) is 8.14. The molecule has 0 saturated carbocycles. The second-order valence-electron chi connectivity index (χ2n) is 5.12. The molecular formula is C15H24N2O2. The number of rotatable bonds is 6. The Morgan fingerprint density at radius 1 is 1.47 bits per heavy atom. The van der Waals surface area contributed by atoms with E-state index in [1.54, 1.807) is 0 Å². The average molecular weight is 264 g/mol. The lowest BCUT2D eigenvalue weighted by atomic mass is 10.2. The van der Waals surface area contributed by atoms with Gasteiger partial charge in [0.2, 0.25) is 0 Å². The number of likely N-dealkylation sites (N-methyl/N-ethyl adjacent to an activating group) is 1. The monoisotopic (exact) mass is 264 g/mol. The van der Waals surface area contributed by atoms with Crippen molar-refractivity contribution < 1.29 is 9.47 Å². The van der Waals surface area contributed by atoms with E-state index >= 15 is 0 Å². The van der Waals surface area contributed by atoms with Crippen molar-refractivity contribution in [2.45, 2.75) is 13.0 Å². The van der Waals surface area contributed by atoms with E-state index in [9.17, 15) is 0 Å². The van der Waals surface area contributed by atoms with Gasteiger partial charge in [-0.2, -0.15) is 0 Å². The van der Waals surface area contributed by atoms with Crippen LogP contribution in [0.3, 0.4) is 0 Å². The van der Waals surface area contributed by atoms with Gasteiger partial charge in [0, 0.05) is 26.2 Å². The average Bonchev–Trinajstić information content (AvgIpc) is 2.38. The Balaban J connectivity index is 1.57. The van der Waals surface area contributed by atoms with Crippen LogP contribution in [0.1, 0.15) is 5.56 Å². The number of ether oxygens (including phenoxy) is 2. The molecule has 106 valence electrons. The highest BCUT2D eigenvalue weighted by atomic mass is 16.5. The molecule has 0 aromatic heterocycles. The second kappa shape index (κ2) is 7.48. The molecule has 1 atom stereocenters. The normalized spacial score (nSPS) is 20.4. The Labute approximate surface area is 115 Å². The highest BCUT2D eigenvalue weighted by Crippen LogP contribution is 2.11. The van der Waals surface area contributed by atoms with E-state index in [4.69, 9.17) is 9.47 Å². The van der Waals surface area contributed by atoms with Crippen molar-refractivity contribution in [2.24, 2.45) is 0 Å². The molecule has 1 heterocycles. The van der Waals surface area contributed by atoms with Crippen LogP contribution in [0.2, 0.25) is 0 Å². The highest BCUT2D eigenvalue weighted by Gasteiger charge is 2.16. The van der Waals surface area contributed by atoms with Crippen molar-refractivity contribution in [2.75, 3.05) is 46.4 Å². The summed E-state index contributed by atoms with van der Waals surface area (Å²) in [6.07, 6.45) is 0.303. The van der Waals surface area contributed by atoms with E-state index in [0.29, 0.717) is 12.7 Å². The molecule has 0 bridgehead atoms. The van der Waals surface area contributed by atoms with Crippen molar-refractivity contribution in [1.82, 2.24) is 10.2 Å². The molecule has 1 aromatic rings. The van der Waals surface area contributed by atoms with Gasteiger partial charge in [-0.1, -0.05) is 12.1 Å². The van der Waals surface area contributed by atoms with Gasteiger partial charge in [-0.15, -0.1) is 0 Å². The van der Waals surface area contributed by atoms with Gasteiger partial charge >= 0.3 is 0 Å². The number of aryl methyl sites for hydroxylation is 1. The second-order valence-corrected chi connectivity index (χ2v) is 5.12. The van der Waals surface area contributed by atoms with Crippen LogP contribution in [-0.4, -0.2) is 57.4 Å². The fraction of sp³-hybridized carbons (Fsp3) is 0.600. The van der Waals surface area contributed by atoms with Crippen molar-refractivity contribution in [1.29, 1.82) is 0 Å². The number of benzene rings is 1. The van der Waals surface area contributed by atoms with E-state index < -0.39 is 0 Å². The van der Waals surface area contributed by atoms with Gasteiger partial charge in [-0.25, -0.2) is 0 Å². The van der Waals surface area contributed by atoms with Crippen LogP contribution in [0, 0.1) is 6.92 Å². The maximum Gasteiger partial charge on any atom is 0.119 e. The topological polar surface area (TPSA) is 33.7 Å². The third-order valence-electron chi connectivity index (χ3n) is 3.25. The van der Waals surface area contributed by atoms with Crippen molar-refractivity contribution in [3.63, 3.8) is 0 Å². The maximum atomic E-state index is 5.68. The molecule has 0 amide bonds. The number of hydrogen-bond acceptors (Lipinski definition) is 4. The van der Waals surface area contributed by atoms with Crippen molar-refractivity contribution >= 4 is 0 Å². The molecule has 4 heteroatoms. The van der Waals surface area contributed by atoms with E-state index in [-0.39, 0.29) is 0 Å². The minimum absolute atomic E-state index is 0.303. The van der Waals surface area contributed by atoms with E-state index in [2.05, 4.69) is 36.3 Å². The first-order valence-corrected chi connectivity index (χ1v) is 6.94. The Morgan fingerprint density at radius 2 is 2.37 bits per heavy atom. The van der Waals surface area contributed by atoms with E-state index in [1.807, 2.05) is 12.1 Å². The van der Waals surface area contributed by atoms with Crippen LogP contribution >= 0.6 is 0 Å². The first kappa shape index (κ1) is 14.3. The molecule has 1 N–H and O–H groups in total. The summed E-state index contributed by atoms with van der Waals surface area (Å²) in [5.41, 5.74) is 1.23. The summed E-state index contributed by atoms with van der Waals surface area (Å²) < 4.78 is 11.4. The summed E-state index contributed by atoms with van der Waals surface area (Å²) in [5.74, 6) is 0.940. The first-order valence-electron chi connectivity index (χ1n) is 6.94. The zero-order valence-corrected chi connectivity index (χ0v) is 11.9. The van der Waals surface area contributed by atoms with Gasteiger partial charge in [0.1, 0.15) is 12.4 Å². The lowest BCUT2D eigenvalue weighted by Gasteiger charge is -2.30. The van der Waals surface area contributed by atoms with E-state index in [0.717, 1.165) is 38.5 Å². The molecule has 0 aliphatic carbocycles. The number of nitrogens with zero attached hydrogens (tertiary/aromatic N) is 1. The quantitative estimate of drug-likeness (QED) is 0.785. The number of nitrogens with one attached hydrogen (secondary N) is 1. The highest BCUT2D eigenvalue weighted by molar-refractivity contribution is 5.27. The first-order chi connectivity index (χ1) is 9.24. The molecule has 0 spiro atoms. The molecule has 0 radical (unpaired) electrons. The zero-order valence-electron chi connectivity index (χ0n) is 11.9. The lowest BCUT2D eigenvalue weighted by Crippen LogP contribution is -2.45. The molecule has 1 fully saturated rings. The van der Waals surface area contributed by atoms with Gasteiger partial charge < -0.3 is 19.7 Å². The summed E-state index contributed by atoms with van der Waals surface area (Å²) in [5, 5.41) is 3.38.